The second-order valence-electron chi connectivity index (χ2n) is 4.13. The van der Waals surface area contributed by atoms with E-state index in [-0.39, 0.29) is 0 Å². The Hall–Kier alpha value is -1.82. The van der Waals surface area contributed by atoms with E-state index in [2.05, 4.69) is 39.8 Å². The molecule has 0 spiro atoms. The van der Waals surface area contributed by atoms with E-state index in [4.69, 9.17) is 0 Å². The molecule has 0 amide bonds. The van der Waals surface area contributed by atoms with Gasteiger partial charge in [0.15, 0.2) is 5.96 Å². The third-order valence-electron chi connectivity index (χ3n) is 2.64. The molecule has 0 bridgehead atoms. The predicted molar refractivity (Wildman–Crippen MR) is 79.5 cm³/mol. The van der Waals surface area contributed by atoms with Crippen LogP contribution in [0.2, 0.25) is 0 Å². The van der Waals surface area contributed by atoms with Gasteiger partial charge in [0.1, 0.15) is 0 Å². The zero-order valence-corrected chi connectivity index (χ0v) is 12.1. The van der Waals surface area contributed by atoms with Crippen LogP contribution in [0.15, 0.2) is 35.6 Å². The molecule has 6 heteroatoms. The molecule has 0 aliphatic heterocycles. The zero-order chi connectivity index (χ0) is 13.5. The maximum absolute atomic E-state index is 4.20. The number of aliphatic imine (C=N–C) groups is 1. The van der Waals surface area contributed by atoms with Crippen LogP contribution in [0.1, 0.15) is 9.75 Å². The summed E-state index contributed by atoms with van der Waals surface area (Å²) in [6.07, 6.45) is 3.73. The summed E-state index contributed by atoms with van der Waals surface area (Å²) in [4.78, 5) is 6.84. The highest BCUT2D eigenvalue weighted by molar-refractivity contribution is 7.11. The predicted octanol–water partition coefficient (Wildman–Crippen LogP) is 1.62. The number of nitrogens with zero attached hydrogens (tertiary/aromatic N) is 3. The molecule has 0 aliphatic rings. The van der Waals surface area contributed by atoms with Crippen molar-refractivity contribution in [3.8, 4) is 0 Å². The van der Waals surface area contributed by atoms with Crippen molar-refractivity contribution in [1.29, 1.82) is 0 Å². The SMILES string of the molecule is CN=C(NCCn1cccn1)NCc1ccc(C)s1. The molecule has 0 aromatic carbocycles. The molecular weight excluding hydrogens is 258 g/mol. The molecule has 2 heterocycles. The Morgan fingerprint density at radius 2 is 2.32 bits per heavy atom. The van der Waals surface area contributed by atoms with E-state index >= 15 is 0 Å². The highest BCUT2D eigenvalue weighted by Gasteiger charge is 2.00. The summed E-state index contributed by atoms with van der Waals surface area (Å²) in [6, 6.07) is 6.20. The largest absolute Gasteiger partial charge is 0.355 e. The van der Waals surface area contributed by atoms with Gasteiger partial charge in [0, 0.05) is 35.7 Å². The van der Waals surface area contributed by atoms with Crippen molar-refractivity contribution < 1.29 is 0 Å². The highest BCUT2D eigenvalue weighted by atomic mass is 32.1. The molecule has 0 fully saturated rings. The first-order valence-electron chi connectivity index (χ1n) is 6.25. The van der Waals surface area contributed by atoms with E-state index < -0.39 is 0 Å². The Balaban J connectivity index is 1.71. The van der Waals surface area contributed by atoms with Crippen molar-refractivity contribution in [1.82, 2.24) is 20.4 Å². The van der Waals surface area contributed by atoms with Gasteiger partial charge in [0.2, 0.25) is 0 Å². The number of rotatable bonds is 5. The lowest BCUT2D eigenvalue weighted by atomic mass is 10.4. The zero-order valence-electron chi connectivity index (χ0n) is 11.3. The fourth-order valence-electron chi connectivity index (χ4n) is 1.69. The van der Waals surface area contributed by atoms with Crippen LogP contribution in [0.3, 0.4) is 0 Å². The van der Waals surface area contributed by atoms with E-state index in [1.54, 1.807) is 24.6 Å². The van der Waals surface area contributed by atoms with E-state index in [0.29, 0.717) is 0 Å². The van der Waals surface area contributed by atoms with Gasteiger partial charge in [0.25, 0.3) is 0 Å². The van der Waals surface area contributed by atoms with Crippen LogP contribution in [0.4, 0.5) is 0 Å². The second kappa shape index (κ2) is 6.94. The van der Waals surface area contributed by atoms with Crippen LogP contribution in [0.5, 0.6) is 0 Å². The van der Waals surface area contributed by atoms with Crippen LogP contribution >= 0.6 is 11.3 Å². The van der Waals surface area contributed by atoms with Crippen molar-refractivity contribution in [2.45, 2.75) is 20.0 Å². The van der Waals surface area contributed by atoms with E-state index in [1.807, 2.05) is 16.9 Å². The van der Waals surface area contributed by atoms with Crippen molar-refractivity contribution in [3.05, 3.63) is 40.3 Å². The standard InChI is InChI=1S/C13H19N5S/c1-11-4-5-12(19-11)10-16-13(14-2)15-7-9-18-8-3-6-17-18/h3-6,8H,7,9-10H2,1-2H3,(H2,14,15,16). The van der Waals surface area contributed by atoms with Gasteiger partial charge < -0.3 is 10.6 Å². The van der Waals surface area contributed by atoms with E-state index in [9.17, 15) is 0 Å². The van der Waals surface area contributed by atoms with Gasteiger partial charge in [-0.2, -0.15) is 5.10 Å². The Morgan fingerprint density at radius 1 is 1.42 bits per heavy atom. The number of hydrogen-bond acceptors (Lipinski definition) is 3. The van der Waals surface area contributed by atoms with Gasteiger partial charge in [0.05, 0.1) is 13.1 Å². The maximum atomic E-state index is 4.20. The normalized spacial score (nSPS) is 11.6. The first kappa shape index (κ1) is 13.6. The van der Waals surface area contributed by atoms with E-state index in [0.717, 1.165) is 25.6 Å². The van der Waals surface area contributed by atoms with Crippen LogP contribution in [0.25, 0.3) is 0 Å². The highest BCUT2D eigenvalue weighted by Crippen LogP contribution is 2.14. The summed E-state index contributed by atoms with van der Waals surface area (Å²) in [7, 11) is 1.78. The Kier molecular flexibility index (Phi) is 4.97. The molecule has 0 aliphatic carbocycles. The first-order valence-corrected chi connectivity index (χ1v) is 7.07. The molecule has 2 rings (SSSR count). The number of guanidine groups is 1. The summed E-state index contributed by atoms with van der Waals surface area (Å²) < 4.78 is 1.89. The molecule has 0 saturated heterocycles. The number of hydrogen-bond donors (Lipinski definition) is 2. The lowest BCUT2D eigenvalue weighted by Crippen LogP contribution is -2.38. The molecule has 5 nitrogen and oxygen atoms in total. The number of aryl methyl sites for hydroxylation is 1. The average Bonchev–Trinajstić information content (AvgIpc) is 3.05. The first-order chi connectivity index (χ1) is 9.28. The third-order valence-corrected chi connectivity index (χ3v) is 3.64. The van der Waals surface area contributed by atoms with Gasteiger partial charge in [-0.3, -0.25) is 9.67 Å². The number of aromatic nitrogens is 2. The molecule has 2 N–H and O–H groups in total. The van der Waals surface area contributed by atoms with Crippen molar-refractivity contribution in [3.63, 3.8) is 0 Å². The van der Waals surface area contributed by atoms with Gasteiger partial charge in [-0.25, -0.2) is 0 Å². The Bertz CT molecular complexity index is 515. The minimum atomic E-state index is 0.796. The van der Waals surface area contributed by atoms with Gasteiger partial charge in [-0.15, -0.1) is 11.3 Å². The Morgan fingerprint density at radius 3 is 2.95 bits per heavy atom. The molecule has 0 unspecified atom stereocenters. The smallest absolute Gasteiger partial charge is 0.191 e. The van der Waals surface area contributed by atoms with Crippen LogP contribution < -0.4 is 10.6 Å². The Labute approximate surface area is 117 Å². The molecule has 2 aromatic heterocycles. The number of nitrogens with one attached hydrogen (secondary N) is 2. The fraction of sp³-hybridized carbons (Fsp3) is 0.385. The van der Waals surface area contributed by atoms with Crippen molar-refractivity contribution in [2.75, 3.05) is 13.6 Å². The monoisotopic (exact) mass is 277 g/mol. The summed E-state index contributed by atoms with van der Waals surface area (Å²) in [5.74, 6) is 0.818. The van der Waals surface area contributed by atoms with Crippen molar-refractivity contribution >= 4 is 17.3 Å². The lowest BCUT2D eigenvalue weighted by Gasteiger charge is -2.11. The summed E-state index contributed by atoms with van der Waals surface area (Å²) in [5.41, 5.74) is 0. The summed E-state index contributed by atoms with van der Waals surface area (Å²) in [6.45, 7) is 4.54. The lowest BCUT2D eigenvalue weighted by molar-refractivity contribution is 0.598. The number of thiophene rings is 1. The van der Waals surface area contributed by atoms with Gasteiger partial charge in [-0.05, 0) is 25.1 Å². The molecular formula is C13H19N5S. The van der Waals surface area contributed by atoms with Gasteiger partial charge >= 0.3 is 0 Å². The average molecular weight is 277 g/mol. The molecule has 19 heavy (non-hydrogen) atoms. The van der Waals surface area contributed by atoms with Crippen LogP contribution in [-0.2, 0) is 13.1 Å². The second-order valence-corrected chi connectivity index (χ2v) is 5.51. The minimum Gasteiger partial charge on any atom is -0.355 e. The molecule has 102 valence electrons. The third kappa shape index (κ3) is 4.40. The maximum Gasteiger partial charge on any atom is 0.191 e. The topological polar surface area (TPSA) is 54.2 Å². The fourth-order valence-corrected chi connectivity index (χ4v) is 2.52. The molecule has 0 radical (unpaired) electrons. The molecule has 2 aromatic rings. The molecule has 0 atom stereocenters. The van der Waals surface area contributed by atoms with Crippen molar-refractivity contribution in [2.24, 2.45) is 4.99 Å². The van der Waals surface area contributed by atoms with Crippen LogP contribution in [0, 0.1) is 6.92 Å². The summed E-state index contributed by atoms with van der Waals surface area (Å²) >= 11 is 1.80. The minimum absolute atomic E-state index is 0.796. The molecule has 0 saturated carbocycles. The van der Waals surface area contributed by atoms with Crippen LogP contribution in [-0.4, -0.2) is 29.3 Å². The van der Waals surface area contributed by atoms with Gasteiger partial charge in [-0.1, -0.05) is 0 Å². The summed E-state index contributed by atoms with van der Waals surface area (Å²) in [5, 5.41) is 10.7. The quantitative estimate of drug-likeness (QED) is 0.645. The van der Waals surface area contributed by atoms with E-state index in [1.165, 1.54) is 9.75 Å².